The Bertz CT molecular complexity index is 998. The third kappa shape index (κ3) is 3.78. The van der Waals surface area contributed by atoms with Crippen LogP contribution in [0, 0.1) is 5.82 Å². The van der Waals surface area contributed by atoms with Crippen LogP contribution in [0.2, 0.25) is 0 Å². The number of amides is 1. The van der Waals surface area contributed by atoms with Crippen LogP contribution in [0.5, 0.6) is 0 Å². The highest BCUT2D eigenvalue weighted by molar-refractivity contribution is 5.95. The van der Waals surface area contributed by atoms with E-state index in [0.717, 1.165) is 4.57 Å². The number of anilines is 1. The van der Waals surface area contributed by atoms with E-state index >= 15 is 0 Å². The molecular weight excluding hydrogens is 365 g/mol. The molecule has 4 N–H and O–H groups in total. The predicted octanol–water partition coefficient (Wildman–Crippen LogP) is -0.339. The van der Waals surface area contributed by atoms with Gasteiger partial charge in [0.05, 0.1) is 17.9 Å². The summed E-state index contributed by atoms with van der Waals surface area (Å²) in [5, 5.41) is 21.4. The van der Waals surface area contributed by atoms with Crippen molar-refractivity contribution in [2.75, 3.05) is 5.32 Å². The number of aromatic nitrogens is 2. The molecule has 1 aliphatic rings. The summed E-state index contributed by atoms with van der Waals surface area (Å²) in [7, 11) is 0. The third-order valence-electron chi connectivity index (χ3n) is 3.99. The molecule has 3 atom stereocenters. The second kappa shape index (κ2) is 7.13. The van der Waals surface area contributed by atoms with Gasteiger partial charge in [-0.15, -0.1) is 0 Å². The second-order valence-corrected chi connectivity index (χ2v) is 5.83. The molecule has 0 spiro atoms. The van der Waals surface area contributed by atoms with E-state index in [1.807, 2.05) is 0 Å². The van der Waals surface area contributed by atoms with Crippen LogP contribution in [0.25, 0.3) is 0 Å². The molecule has 0 aliphatic carbocycles. The topological polar surface area (TPSA) is 151 Å². The standard InChI is InChI=1S/C16H14FN3O7/c17-9-6-20(16(26)19-13(9)22)11-5-10(21)12(27-11)14(23)18-8-3-1-7(2-4-8)15(24)25/h1-4,6,10-12,21H,5H2,(H,18,23)(H,24,25)(H,19,22,26)/t10-,11+,12-/m0/s1. The number of hydrogen-bond acceptors (Lipinski definition) is 6. The van der Waals surface area contributed by atoms with Crippen molar-refractivity contribution in [1.29, 1.82) is 0 Å². The van der Waals surface area contributed by atoms with Crippen molar-refractivity contribution in [3.8, 4) is 0 Å². The zero-order chi connectivity index (χ0) is 19.7. The highest BCUT2D eigenvalue weighted by atomic mass is 19.1. The fraction of sp³-hybridized carbons (Fsp3) is 0.250. The lowest BCUT2D eigenvalue weighted by Gasteiger charge is -2.16. The van der Waals surface area contributed by atoms with E-state index < -0.39 is 47.4 Å². The minimum atomic E-state index is -1.35. The summed E-state index contributed by atoms with van der Waals surface area (Å²) >= 11 is 0. The molecule has 0 saturated carbocycles. The summed E-state index contributed by atoms with van der Waals surface area (Å²) in [5.74, 6) is -3.06. The number of carboxylic acid groups (broad SMARTS) is 1. The Morgan fingerprint density at radius 2 is 1.93 bits per heavy atom. The summed E-state index contributed by atoms with van der Waals surface area (Å²) in [6, 6.07) is 5.30. The van der Waals surface area contributed by atoms with Gasteiger partial charge < -0.3 is 20.3 Å². The average Bonchev–Trinajstić information content (AvgIpc) is 3.00. The van der Waals surface area contributed by atoms with E-state index in [9.17, 15) is 28.7 Å². The fourth-order valence-corrected chi connectivity index (χ4v) is 2.65. The highest BCUT2D eigenvalue weighted by Crippen LogP contribution is 2.28. The normalized spacial score (nSPS) is 21.8. The molecule has 0 bridgehead atoms. The first-order valence-corrected chi connectivity index (χ1v) is 7.75. The van der Waals surface area contributed by atoms with E-state index in [1.165, 1.54) is 24.3 Å². The van der Waals surface area contributed by atoms with Crippen molar-refractivity contribution < 1.29 is 28.9 Å². The first kappa shape index (κ1) is 18.5. The molecule has 142 valence electrons. The van der Waals surface area contributed by atoms with Gasteiger partial charge in [0.15, 0.2) is 6.10 Å². The molecule has 10 nitrogen and oxygen atoms in total. The van der Waals surface area contributed by atoms with Crippen molar-refractivity contribution in [3.05, 3.63) is 62.7 Å². The molecule has 27 heavy (non-hydrogen) atoms. The van der Waals surface area contributed by atoms with Crippen LogP contribution >= 0.6 is 0 Å². The number of carboxylic acids is 1. The van der Waals surface area contributed by atoms with Crippen LogP contribution in [-0.4, -0.2) is 43.8 Å². The molecule has 1 amide bonds. The fourth-order valence-electron chi connectivity index (χ4n) is 2.65. The number of nitrogens with one attached hydrogen (secondary N) is 2. The number of benzene rings is 1. The number of rotatable bonds is 4. The number of ether oxygens (including phenoxy) is 1. The molecule has 3 rings (SSSR count). The van der Waals surface area contributed by atoms with Crippen molar-refractivity contribution in [2.45, 2.75) is 24.9 Å². The van der Waals surface area contributed by atoms with Crippen molar-refractivity contribution in [2.24, 2.45) is 0 Å². The first-order valence-electron chi connectivity index (χ1n) is 7.75. The zero-order valence-electron chi connectivity index (χ0n) is 13.6. The Morgan fingerprint density at radius 3 is 2.56 bits per heavy atom. The minimum absolute atomic E-state index is 0.0321. The first-order chi connectivity index (χ1) is 12.8. The van der Waals surface area contributed by atoms with Crippen LogP contribution in [-0.2, 0) is 9.53 Å². The van der Waals surface area contributed by atoms with Crippen molar-refractivity contribution in [3.63, 3.8) is 0 Å². The second-order valence-electron chi connectivity index (χ2n) is 5.83. The lowest BCUT2D eigenvalue weighted by molar-refractivity contribution is -0.132. The van der Waals surface area contributed by atoms with E-state index in [2.05, 4.69) is 5.32 Å². The SMILES string of the molecule is O=C(O)c1ccc(NC(=O)[C@H]2O[C@@H](n3cc(F)c(=O)[nH]c3=O)C[C@@H]2O)cc1. The van der Waals surface area contributed by atoms with Gasteiger partial charge in [-0.25, -0.2) is 9.59 Å². The molecule has 11 heteroatoms. The Hall–Kier alpha value is -3.31. The van der Waals surface area contributed by atoms with Gasteiger partial charge in [-0.1, -0.05) is 0 Å². The minimum Gasteiger partial charge on any atom is -0.478 e. The highest BCUT2D eigenvalue weighted by Gasteiger charge is 2.40. The van der Waals surface area contributed by atoms with Crippen molar-refractivity contribution in [1.82, 2.24) is 9.55 Å². The molecule has 1 saturated heterocycles. The number of aromatic carboxylic acids is 1. The molecule has 1 aromatic heterocycles. The summed E-state index contributed by atoms with van der Waals surface area (Å²) < 4.78 is 19.5. The smallest absolute Gasteiger partial charge is 0.335 e. The average molecular weight is 379 g/mol. The summed E-state index contributed by atoms with van der Waals surface area (Å²) in [5.41, 5.74) is -1.82. The maximum Gasteiger partial charge on any atom is 0.335 e. The number of carbonyl (C=O) groups is 2. The van der Waals surface area contributed by atoms with Gasteiger partial charge in [0.2, 0.25) is 5.82 Å². The number of aromatic amines is 1. The Labute approximate surface area is 149 Å². The largest absolute Gasteiger partial charge is 0.478 e. The van der Waals surface area contributed by atoms with Gasteiger partial charge in [0.25, 0.3) is 11.5 Å². The summed E-state index contributed by atoms with van der Waals surface area (Å²) in [6.45, 7) is 0. The number of carbonyl (C=O) groups excluding carboxylic acids is 1. The van der Waals surface area contributed by atoms with Gasteiger partial charge in [-0.3, -0.25) is 19.1 Å². The summed E-state index contributed by atoms with van der Waals surface area (Å²) in [6.07, 6.45) is -3.32. The number of hydrogen-bond donors (Lipinski definition) is 4. The predicted molar refractivity (Wildman–Crippen MR) is 87.8 cm³/mol. The van der Waals surface area contributed by atoms with Crippen LogP contribution in [0.4, 0.5) is 10.1 Å². The van der Waals surface area contributed by atoms with E-state index in [4.69, 9.17) is 9.84 Å². The number of aliphatic hydroxyl groups is 1. The molecule has 2 aromatic rings. The van der Waals surface area contributed by atoms with E-state index in [0.29, 0.717) is 6.20 Å². The number of H-pyrrole nitrogens is 1. The summed E-state index contributed by atoms with van der Waals surface area (Å²) in [4.78, 5) is 47.7. The Morgan fingerprint density at radius 1 is 1.26 bits per heavy atom. The van der Waals surface area contributed by atoms with Crippen LogP contribution in [0.1, 0.15) is 23.0 Å². The maximum absolute atomic E-state index is 13.4. The van der Waals surface area contributed by atoms with Gasteiger partial charge in [0, 0.05) is 12.1 Å². The van der Waals surface area contributed by atoms with Crippen LogP contribution in [0.3, 0.4) is 0 Å². The van der Waals surface area contributed by atoms with E-state index in [-0.39, 0.29) is 17.7 Å². The van der Waals surface area contributed by atoms with Gasteiger partial charge in [-0.2, -0.15) is 4.39 Å². The zero-order valence-corrected chi connectivity index (χ0v) is 13.6. The maximum atomic E-state index is 13.4. The molecule has 2 heterocycles. The Balaban J connectivity index is 1.73. The molecule has 0 unspecified atom stereocenters. The number of nitrogens with zero attached hydrogens (tertiary/aromatic N) is 1. The quantitative estimate of drug-likeness (QED) is 0.567. The van der Waals surface area contributed by atoms with Crippen molar-refractivity contribution >= 4 is 17.6 Å². The molecular formula is C16H14FN3O7. The van der Waals surface area contributed by atoms with Crippen LogP contribution in [0.15, 0.2) is 40.1 Å². The lowest BCUT2D eigenvalue weighted by atomic mass is 10.1. The number of halogens is 1. The Kier molecular flexibility index (Phi) is 4.88. The van der Waals surface area contributed by atoms with Gasteiger partial charge in [-0.05, 0) is 24.3 Å². The van der Waals surface area contributed by atoms with Gasteiger partial charge in [0.1, 0.15) is 6.23 Å². The molecule has 1 aliphatic heterocycles. The molecule has 1 fully saturated rings. The monoisotopic (exact) mass is 379 g/mol. The molecule has 0 radical (unpaired) electrons. The molecule has 1 aromatic carbocycles. The van der Waals surface area contributed by atoms with E-state index in [1.54, 1.807) is 4.98 Å². The van der Waals surface area contributed by atoms with Gasteiger partial charge >= 0.3 is 11.7 Å². The third-order valence-corrected chi connectivity index (χ3v) is 3.99. The number of aliphatic hydroxyl groups excluding tert-OH is 1. The van der Waals surface area contributed by atoms with Crippen LogP contribution < -0.4 is 16.6 Å². The lowest BCUT2D eigenvalue weighted by Crippen LogP contribution is -2.36.